The Morgan fingerprint density at radius 1 is 1.25 bits per heavy atom. The van der Waals surface area contributed by atoms with Crippen molar-refractivity contribution in [3.8, 4) is 5.75 Å². The van der Waals surface area contributed by atoms with Crippen molar-refractivity contribution in [2.24, 2.45) is 5.41 Å². The Hall–Kier alpha value is -0.730. The SMILES string of the molecule is ClCC1(CNCC2CCOc3ccccc32)CCCC1. The number of para-hydroxylation sites is 1. The minimum atomic E-state index is 0.353. The molecule has 1 aromatic rings. The monoisotopic (exact) mass is 293 g/mol. The second kappa shape index (κ2) is 6.36. The molecule has 0 saturated heterocycles. The summed E-state index contributed by atoms with van der Waals surface area (Å²) in [6.07, 6.45) is 6.36. The summed E-state index contributed by atoms with van der Waals surface area (Å²) in [5.74, 6) is 2.44. The molecule has 1 atom stereocenters. The number of ether oxygens (including phenoxy) is 1. The van der Waals surface area contributed by atoms with Crippen molar-refractivity contribution in [2.75, 3.05) is 25.6 Å². The molecule has 2 nitrogen and oxygen atoms in total. The minimum Gasteiger partial charge on any atom is -0.493 e. The predicted octanol–water partition coefficient (Wildman–Crippen LogP) is 3.94. The number of halogens is 1. The maximum Gasteiger partial charge on any atom is 0.122 e. The second-order valence-electron chi connectivity index (χ2n) is 6.34. The Kier molecular flexibility index (Phi) is 4.52. The number of fused-ring (bicyclic) bond motifs is 1. The molecular weight excluding hydrogens is 270 g/mol. The second-order valence-corrected chi connectivity index (χ2v) is 6.61. The number of alkyl halides is 1. The van der Waals surface area contributed by atoms with Gasteiger partial charge < -0.3 is 10.1 Å². The van der Waals surface area contributed by atoms with Gasteiger partial charge in [0.15, 0.2) is 0 Å². The highest BCUT2D eigenvalue weighted by molar-refractivity contribution is 6.18. The van der Waals surface area contributed by atoms with E-state index in [1.165, 1.54) is 31.2 Å². The average molecular weight is 294 g/mol. The lowest BCUT2D eigenvalue weighted by Crippen LogP contribution is -2.36. The first kappa shape index (κ1) is 14.2. The fourth-order valence-corrected chi connectivity index (χ4v) is 3.98. The van der Waals surface area contributed by atoms with E-state index in [9.17, 15) is 0 Å². The molecule has 3 heteroatoms. The van der Waals surface area contributed by atoms with Crippen LogP contribution in [0.4, 0.5) is 0 Å². The van der Waals surface area contributed by atoms with E-state index >= 15 is 0 Å². The summed E-state index contributed by atoms with van der Waals surface area (Å²) in [5.41, 5.74) is 1.71. The maximum atomic E-state index is 6.21. The molecule has 1 aliphatic carbocycles. The molecule has 0 radical (unpaired) electrons. The number of benzene rings is 1. The van der Waals surface area contributed by atoms with Gasteiger partial charge in [0, 0.05) is 24.9 Å². The van der Waals surface area contributed by atoms with Crippen LogP contribution in [-0.4, -0.2) is 25.6 Å². The van der Waals surface area contributed by atoms with E-state index in [2.05, 4.69) is 29.6 Å². The van der Waals surface area contributed by atoms with Gasteiger partial charge in [-0.3, -0.25) is 0 Å². The smallest absolute Gasteiger partial charge is 0.122 e. The molecule has 2 aliphatic rings. The Morgan fingerprint density at radius 2 is 2.05 bits per heavy atom. The molecular formula is C17H24ClNO. The van der Waals surface area contributed by atoms with Gasteiger partial charge in [-0.05, 0) is 36.3 Å². The highest BCUT2D eigenvalue weighted by Crippen LogP contribution is 2.39. The minimum absolute atomic E-state index is 0.353. The molecule has 1 unspecified atom stereocenters. The molecule has 1 heterocycles. The van der Waals surface area contributed by atoms with E-state index in [1.54, 1.807) is 0 Å². The summed E-state index contributed by atoms with van der Waals surface area (Å²) in [5, 5.41) is 3.69. The van der Waals surface area contributed by atoms with Crippen molar-refractivity contribution in [3.63, 3.8) is 0 Å². The van der Waals surface area contributed by atoms with Crippen LogP contribution in [0, 0.1) is 5.41 Å². The van der Waals surface area contributed by atoms with Crippen LogP contribution in [0.15, 0.2) is 24.3 Å². The Morgan fingerprint density at radius 3 is 2.85 bits per heavy atom. The third-order valence-electron chi connectivity index (χ3n) is 4.92. The van der Waals surface area contributed by atoms with Crippen LogP contribution in [0.3, 0.4) is 0 Å². The topological polar surface area (TPSA) is 21.3 Å². The van der Waals surface area contributed by atoms with Crippen LogP contribution in [0.5, 0.6) is 5.75 Å². The Bertz CT molecular complexity index is 442. The molecule has 0 amide bonds. The van der Waals surface area contributed by atoms with Crippen LogP contribution < -0.4 is 10.1 Å². The fourth-order valence-electron chi connectivity index (χ4n) is 3.62. The van der Waals surface area contributed by atoms with Crippen LogP contribution in [0.1, 0.15) is 43.6 Å². The molecule has 1 aliphatic heterocycles. The summed E-state index contributed by atoms with van der Waals surface area (Å²) in [4.78, 5) is 0. The first-order valence-corrected chi connectivity index (χ1v) is 8.35. The van der Waals surface area contributed by atoms with Crippen molar-refractivity contribution in [2.45, 2.75) is 38.0 Å². The molecule has 110 valence electrons. The van der Waals surface area contributed by atoms with E-state index in [0.717, 1.165) is 37.7 Å². The van der Waals surface area contributed by atoms with E-state index < -0.39 is 0 Å². The molecule has 0 aromatic heterocycles. The quantitative estimate of drug-likeness (QED) is 0.830. The number of hydrogen-bond acceptors (Lipinski definition) is 2. The van der Waals surface area contributed by atoms with Gasteiger partial charge in [-0.25, -0.2) is 0 Å². The zero-order chi connectivity index (χ0) is 13.8. The molecule has 1 aromatic carbocycles. The first-order valence-electron chi connectivity index (χ1n) is 7.81. The summed E-state index contributed by atoms with van der Waals surface area (Å²) >= 11 is 6.21. The lowest BCUT2D eigenvalue weighted by molar-refractivity contribution is 0.257. The largest absolute Gasteiger partial charge is 0.493 e. The summed E-state index contributed by atoms with van der Waals surface area (Å²) < 4.78 is 5.73. The van der Waals surface area contributed by atoms with Gasteiger partial charge in [-0.2, -0.15) is 0 Å². The zero-order valence-corrected chi connectivity index (χ0v) is 12.8. The molecule has 0 spiro atoms. The summed E-state index contributed by atoms with van der Waals surface area (Å²) in [6, 6.07) is 8.44. The Labute approximate surface area is 126 Å². The first-order chi connectivity index (χ1) is 9.83. The van der Waals surface area contributed by atoms with Crippen LogP contribution >= 0.6 is 11.6 Å². The highest BCUT2D eigenvalue weighted by Gasteiger charge is 2.33. The highest BCUT2D eigenvalue weighted by atomic mass is 35.5. The van der Waals surface area contributed by atoms with Gasteiger partial charge in [0.2, 0.25) is 0 Å². The van der Waals surface area contributed by atoms with Crippen molar-refractivity contribution < 1.29 is 4.74 Å². The lowest BCUT2D eigenvalue weighted by Gasteiger charge is -2.30. The fraction of sp³-hybridized carbons (Fsp3) is 0.647. The van der Waals surface area contributed by atoms with Crippen LogP contribution in [-0.2, 0) is 0 Å². The molecule has 0 bridgehead atoms. The standard InChI is InChI=1S/C17H24ClNO/c18-12-17(8-3-4-9-17)13-19-11-14-7-10-20-16-6-2-1-5-15(14)16/h1-2,5-6,14,19H,3-4,7-13H2. The molecule has 1 fully saturated rings. The molecule has 1 N–H and O–H groups in total. The third-order valence-corrected chi connectivity index (χ3v) is 5.49. The maximum absolute atomic E-state index is 6.21. The van der Waals surface area contributed by atoms with Crippen LogP contribution in [0.2, 0.25) is 0 Å². The predicted molar refractivity (Wildman–Crippen MR) is 83.8 cm³/mol. The van der Waals surface area contributed by atoms with Crippen LogP contribution in [0.25, 0.3) is 0 Å². The van der Waals surface area contributed by atoms with E-state index in [4.69, 9.17) is 16.3 Å². The van der Waals surface area contributed by atoms with Gasteiger partial charge in [0.25, 0.3) is 0 Å². The van der Waals surface area contributed by atoms with Gasteiger partial charge >= 0.3 is 0 Å². The molecule has 1 saturated carbocycles. The van der Waals surface area contributed by atoms with Gasteiger partial charge in [-0.15, -0.1) is 11.6 Å². The Balaban J connectivity index is 1.57. The van der Waals surface area contributed by atoms with Gasteiger partial charge in [-0.1, -0.05) is 31.0 Å². The van der Waals surface area contributed by atoms with E-state index in [-0.39, 0.29) is 0 Å². The number of rotatable bonds is 5. The van der Waals surface area contributed by atoms with Crippen molar-refractivity contribution in [1.29, 1.82) is 0 Å². The average Bonchev–Trinajstić information content (AvgIpc) is 2.97. The summed E-state index contributed by atoms with van der Waals surface area (Å²) in [7, 11) is 0. The van der Waals surface area contributed by atoms with Gasteiger partial charge in [0.05, 0.1) is 6.61 Å². The van der Waals surface area contributed by atoms with Crippen molar-refractivity contribution >= 4 is 11.6 Å². The molecule has 20 heavy (non-hydrogen) atoms. The van der Waals surface area contributed by atoms with Gasteiger partial charge in [0.1, 0.15) is 5.75 Å². The number of nitrogens with one attached hydrogen (secondary N) is 1. The molecule has 3 rings (SSSR count). The van der Waals surface area contributed by atoms with Crippen molar-refractivity contribution in [1.82, 2.24) is 5.32 Å². The lowest BCUT2D eigenvalue weighted by atomic mass is 9.87. The third kappa shape index (κ3) is 2.96. The zero-order valence-electron chi connectivity index (χ0n) is 12.0. The van der Waals surface area contributed by atoms with Crippen molar-refractivity contribution in [3.05, 3.63) is 29.8 Å². The number of hydrogen-bond donors (Lipinski definition) is 1. The van der Waals surface area contributed by atoms with E-state index in [1.807, 2.05) is 0 Å². The normalized spacial score (nSPS) is 24.1. The van der Waals surface area contributed by atoms with E-state index in [0.29, 0.717) is 11.3 Å². The summed E-state index contributed by atoms with van der Waals surface area (Å²) in [6.45, 7) is 2.94.